The summed E-state index contributed by atoms with van der Waals surface area (Å²) in [6, 6.07) is 0. The van der Waals surface area contributed by atoms with Crippen LogP contribution in [0.3, 0.4) is 0 Å². The van der Waals surface area contributed by atoms with Crippen molar-refractivity contribution in [3.63, 3.8) is 0 Å². The first-order valence-corrected chi connectivity index (χ1v) is 5.21. The molecule has 0 saturated carbocycles. The lowest BCUT2D eigenvalue weighted by atomic mass is 10.4. The summed E-state index contributed by atoms with van der Waals surface area (Å²) >= 11 is 0. The Morgan fingerprint density at radius 2 is 2.22 bits per heavy atom. The Kier molecular flexibility index (Phi) is 3.55. The lowest BCUT2D eigenvalue weighted by molar-refractivity contribution is -0.0283. The molecular weight excluding hydrogens is 242 g/mol. The number of aliphatic hydroxyl groups is 2. The number of aliphatic hydroxyl groups excluding tert-OH is 2. The number of nitrogens with one attached hydrogen (secondary N) is 2. The summed E-state index contributed by atoms with van der Waals surface area (Å²) < 4.78 is 0. The maximum atomic E-state index is 11.6. The van der Waals surface area contributed by atoms with Gasteiger partial charge in [-0.1, -0.05) is 0 Å². The number of fused-ring (bicyclic) bond motifs is 1. The van der Waals surface area contributed by atoms with E-state index in [-0.39, 0.29) is 35.9 Å². The number of aromatic nitrogens is 4. The fourth-order valence-corrected chi connectivity index (χ4v) is 1.38. The largest absolute Gasteiger partial charge is 0.393 e. The number of hydrogen-bond donors (Lipinski definition) is 4. The predicted molar refractivity (Wildman–Crippen MR) is 62.0 cm³/mol. The Bertz CT molecular complexity index is 576. The van der Waals surface area contributed by atoms with Crippen LogP contribution in [0.5, 0.6) is 0 Å². The van der Waals surface area contributed by atoms with Gasteiger partial charge in [0.05, 0.1) is 19.5 Å². The zero-order chi connectivity index (χ0) is 13.1. The fraction of sp³-hybridized carbons (Fsp3) is 0.444. The number of nitrogens with zero attached hydrogens (tertiary/aromatic N) is 3. The van der Waals surface area contributed by atoms with Crippen molar-refractivity contribution >= 4 is 17.1 Å². The molecule has 0 saturated heterocycles. The molecule has 0 fully saturated rings. The highest BCUT2D eigenvalue weighted by Gasteiger charge is 2.14. The van der Waals surface area contributed by atoms with Crippen LogP contribution in [0.4, 0.5) is 5.95 Å². The molecule has 0 unspecified atom stereocenters. The van der Waals surface area contributed by atoms with E-state index >= 15 is 0 Å². The standard InChI is InChI=1S/C9H13N5O4/c1-14(18-5(2-15)3-16)9-12-7-6(8(17)13-9)10-4-11-7/h4-5,15-16H,2-3H2,1H3,(H2,10,11,12,13,17). The van der Waals surface area contributed by atoms with Gasteiger partial charge in [-0.3, -0.25) is 14.6 Å². The number of rotatable bonds is 5. The van der Waals surface area contributed by atoms with Gasteiger partial charge in [0, 0.05) is 7.05 Å². The van der Waals surface area contributed by atoms with Crippen LogP contribution in [0.25, 0.3) is 11.2 Å². The lowest BCUT2D eigenvalue weighted by Gasteiger charge is -2.21. The van der Waals surface area contributed by atoms with Crippen molar-refractivity contribution in [2.24, 2.45) is 0 Å². The highest BCUT2D eigenvalue weighted by molar-refractivity contribution is 5.69. The Balaban J connectivity index is 2.27. The normalized spacial score (nSPS) is 11.3. The van der Waals surface area contributed by atoms with E-state index in [9.17, 15) is 4.79 Å². The van der Waals surface area contributed by atoms with Gasteiger partial charge in [0.25, 0.3) is 5.56 Å². The topological polar surface area (TPSA) is 127 Å². The Labute approximate surface area is 101 Å². The summed E-state index contributed by atoms with van der Waals surface area (Å²) in [6.45, 7) is -0.703. The van der Waals surface area contributed by atoms with Crippen molar-refractivity contribution in [2.75, 3.05) is 25.3 Å². The second-order valence-electron chi connectivity index (χ2n) is 3.58. The summed E-state index contributed by atoms with van der Waals surface area (Å²) in [4.78, 5) is 29.9. The Morgan fingerprint density at radius 3 is 2.89 bits per heavy atom. The van der Waals surface area contributed by atoms with Crippen LogP contribution >= 0.6 is 0 Å². The number of H-pyrrole nitrogens is 2. The van der Waals surface area contributed by atoms with Crippen molar-refractivity contribution in [3.8, 4) is 0 Å². The number of anilines is 1. The van der Waals surface area contributed by atoms with Crippen LogP contribution in [0.15, 0.2) is 11.1 Å². The first kappa shape index (κ1) is 12.5. The Hall–Kier alpha value is -1.97. The quantitative estimate of drug-likeness (QED) is 0.472. The van der Waals surface area contributed by atoms with Crippen LogP contribution in [-0.2, 0) is 4.84 Å². The molecule has 18 heavy (non-hydrogen) atoms. The highest BCUT2D eigenvalue weighted by atomic mass is 16.7. The average molecular weight is 255 g/mol. The number of imidazole rings is 1. The third kappa shape index (κ3) is 2.32. The minimum absolute atomic E-state index is 0.131. The molecule has 98 valence electrons. The highest BCUT2D eigenvalue weighted by Crippen LogP contribution is 2.08. The van der Waals surface area contributed by atoms with Crippen LogP contribution in [0.1, 0.15) is 0 Å². The van der Waals surface area contributed by atoms with Crippen molar-refractivity contribution in [2.45, 2.75) is 6.10 Å². The molecule has 0 radical (unpaired) electrons. The second-order valence-corrected chi connectivity index (χ2v) is 3.58. The van der Waals surface area contributed by atoms with E-state index in [0.29, 0.717) is 0 Å². The van der Waals surface area contributed by atoms with Crippen LogP contribution < -0.4 is 10.6 Å². The molecule has 0 aliphatic carbocycles. The first-order chi connectivity index (χ1) is 8.65. The molecule has 0 atom stereocenters. The van der Waals surface area contributed by atoms with E-state index in [0.717, 1.165) is 5.06 Å². The average Bonchev–Trinajstić information content (AvgIpc) is 2.84. The fourth-order valence-electron chi connectivity index (χ4n) is 1.38. The molecule has 0 spiro atoms. The van der Waals surface area contributed by atoms with Crippen molar-refractivity contribution < 1.29 is 15.1 Å². The van der Waals surface area contributed by atoms with E-state index in [1.165, 1.54) is 13.4 Å². The first-order valence-electron chi connectivity index (χ1n) is 5.21. The van der Waals surface area contributed by atoms with Crippen molar-refractivity contribution in [1.29, 1.82) is 0 Å². The third-order valence-corrected chi connectivity index (χ3v) is 2.30. The molecule has 0 aliphatic heterocycles. The van der Waals surface area contributed by atoms with Crippen LogP contribution in [-0.4, -0.2) is 56.5 Å². The second kappa shape index (κ2) is 5.12. The smallest absolute Gasteiger partial charge is 0.278 e. The molecule has 0 aromatic carbocycles. The minimum atomic E-state index is -0.782. The molecule has 2 heterocycles. The molecule has 9 heteroatoms. The van der Waals surface area contributed by atoms with E-state index in [1.54, 1.807) is 0 Å². The molecule has 0 bridgehead atoms. The maximum absolute atomic E-state index is 11.6. The summed E-state index contributed by atoms with van der Waals surface area (Å²) in [5.41, 5.74) is 0.147. The van der Waals surface area contributed by atoms with Gasteiger partial charge < -0.3 is 15.2 Å². The van der Waals surface area contributed by atoms with Gasteiger partial charge in [-0.15, -0.1) is 0 Å². The van der Waals surface area contributed by atoms with Gasteiger partial charge in [0.1, 0.15) is 6.10 Å². The van der Waals surface area contributed by atoms with Crippen molar-refractivity contribution in [1.82, 2.24) is 19.9 Å². The summed E-state index contributed by atoms with van der Waals surface area (Å²) in [7, 11) is 1.50. The van der Waals surface area contributed by atoms with Crippen molar-refractivity contribution in [3.05, 3.63) is 16.7 Å². The van der Waals surface area contributed by atoms with E-state index in [1.807, 2.05) is 0 Å². The predicted octanol–water partition coefficient (Wildman–Crippen LogP) is -1.63. The SMILES string of the molecule is CN(OC(CO)CO)c1nc2nc[nH]c2c(=O)[nH]1. The zero-order valence-corrected chi connectivity index (χ0v) is 9.62. The summed E-state index contributed by atoms with van der Waals surface area (Å²) in [5.74, 6) is 0.131. The summed E-state index contributed by atoms with van der Waals surface area (Å²) in [6.07, 6.45) is 0.581. The lowest BCUT2D eigenvalue weighted by Crippen LogP contribution is -2.33. The zero-order valence-electron chi connectivity index (χ0n) is 9.62. The van der Waals surface area contributed by atoms with Gasteiger partial charge in [-0.2, -0.15) is 4.98 Å². The molecule has 4 N–H and O–H groups in total. The third-order valence-electron chi connectivity index (χ3n) is 2.30. The van der Waals surface area contributed by atoms with E-state index < -0.39 is 6.10 Å². The molecule has 0 amide bonds. The van der Waals surface area contributed by atoms with E-state index in [2.05, 4.69) is 19.9 Å². The number of hydroxylamine groups is 1. The van der Waals surface area contributed by atoms with Crippen LogP contribution in [0.2, 0.25) is 0 Å². The van der Waals surface area contributed by atoms with Gasteiger partial charge >= 0.3 is 0 Å². The maximum Gasteiger partial charge on any atom is 0.278 e. The van der Waals surface area contributed by atoms with E-state index in [4.69, 9.17) is 15.1 Å². The molecule has 2 aromatic heterocycles. The number of hydrogen-bond acceptors (Lipinski definition) is 7. The van der Waals surface area contributed by atoms with Gasteiger partial charge in [0.2, 0.25) is 5.95 Å². The summed E-state index contributed by atoms with van der Waals surface area (Å²) in [5, 5.41) is 18.9. The van der Waals surface area contributed by atoms with Crippen LogP contribution in [0, 0.1) is 0 Å². The van der Waals surface area contributed by atoms with Gasteiger partial charge in [-0.05, 0) is 0 Å². The molecule has 0 aliphatic rings. The monoisotopic (exact) mass is 255 g/mol. The molecule has 2 rings (SSSR count). The molecular formula is C9H13N5O4. The van der Waals surface area contributed by atoms with Gasteiger partial charge in [-0.25, -0.2) is 10.0 Å². The molecule has 2 aromatic rings. The Morgan fingerprint density at radius 1 is 1.50 bits per heavy atom. The minimum Gasteiger partial charge on any atom is -0.393 e. The number of aromatic amines is 2. The molecule has 9 nitrogen and oxygen atoms in total. The van der Waals surface area contributed by atoms with Gasteiger partial charge in [0.15, 0.2) is 11.2 Å².